The zero-order valence-electron chi connectivity index (χ0n) is 11.1. The van der Waals surface area contributed by atoms with Crippen molar-refractivity contribution in [3.8, 4) is 11.4 Å². The number of para-hydroxylation sites is 2. The van der Waals surface area contributed by atoms with Crippen LogP contribution in [0, 0.1) is 0 Å². The lowest BCUT2D eigenvalue weighted by atomic mass is 10.2. The third-order valence-electron chi connectivity index (χ3n) is 3.22. The number of fused-ring (bicyclic) bond motifs is 1. The van der Waals surface area contributed by atoms with Gasteiger partial charge in [0.1, 0.15) is 18.2 Å². The molecule has 3 N–H and O–H groups in total. The summed E-state index contributed by atoms with van der Waals surface area (Å²) < 4.78 is 7.27. The van der Waals surface area contributed by atoms with Crippen LogP contribution in [0.25, 0.3) is 16.7 Å². The van der Waals surface area contributed by atoms with Crippen LogP contribution >= 0.6 is 0 Å². The normalized spacial score (nSPS) is 10.9. The second-order valence-electron chi connectivity index (χ2n) is 4.44. The molecule has 0 spiro atoms. The summed E-state index contributed by atoms with van der Waals surface area (Å²) >= 11 is 0. The predicted molar refractivity (Wildman–Crippen MR) is 78.0 cm³/mol. The molecular weight excluding hydrogens is 254 g/mol. The van der Waals surface area contributed by atoms with Gasteiger partial charge in [-0.3, -0.25) is 4.57 Å². The summed E-state index contributed by atoms with van der Waals surface area (Å²) in [6, 6.07) is 13.1. The van der Waals surface area contributed by atoms with Crippen molar-refractivity contribution in [1.29, 1.82) is 0 Å². The summed E-state index contributed by atoms with van der Waals surface area (Å²) in [7, 11) is 1.62. The highest BCUT2D eigenvalue weighted by molar-refractivity contribution is 5.82. The van der Waals surface area contributed by atoms with E-state index in [0.29, 0.717) is 11.5 Å². The number of methoxy groups -OCH3 is 1. The Morgan fingerprint density at radius 3 is 2.80 bits per heavy atom. The van der Waals surface area contributed by atoms with Gasteiger partial charge in [-0.25, -0.2) is 4.98 Å². The first-order valence-corrected chi connectivity index (χ1v) is 6.25. The smallest absolute Gasteiger partial charge is 0.142 e. The molecule has 0 amide bonds. The van der Waals surface area contributed by atoms with Crippen molar-refractivity contribution in [1.82, 2.24) is 9.55 Å². The number of nitrogen functional groups attached to an aromatic ring is 1. The lowest BCUT2D eigenvalue weighted by molar-refractivity contribution is 0.269. The molecule has 20 heavy (non-hydrogen) atoms. The number of imidazole rings is 1. The number of hydrogen-bond donors (Lipinski definition) is 2. The molecule has 1 aromatic heterocycles. The molecule has 3 aromatic rings. The molecule has 3 rings (SSSR count). The number of rotatable bonds is 3. The van der Waals surface area contributed by atoms with Crippen molar-refractivity contribution in [2.24, 2.45) is 0 Å². The molecule has 0 radical (unpaired) electrons. The van der Waals surface area contributed by atoms with Crippen LogP contribution in [0.3, 0.4) is 0 Å². The fourth-order valence-electron chi connectivity index (χ4n) is 2.34. The SMILES string of the molecule is COc1ccccc1-n1c(CO)nc2cc(N)ccc21. The molecule has 0 unspecified atom stereocenters. The van der Waals surface area contributed by atoms with E-state index >= 15 is 0 Å². The first-order chi connectivity index (χ1) is 9.74. The van der Waals surface area contributed by atoms with Crippen LogP contribution in [-0.2, 0) is 6.61 Å². The van der Waals surface area contributed by atoms with Gasteiger partial charge in [0.05, 0.1) is 23.8 Å². The van der Waals surface area contributed by atoms with E-state index in [1.807, 2.05) is 41.0 Å². The molecule has 5 nitrogen and oxygen atoms in total. The Bertz CT molecular complexity index is 765. The van der Waals surface area contributed by atoms with Crippen LogP contribution < -0.4 is 10.5 Å². The maximum atomic E-state index is 9.56. The standard InChI is InChI=1S/C15H15N3O2/c1-20-14-5-3-2-4-13(14)18-12-7-6-10(16)8-11(12)17-15(18)9-19/h2-8,19H,9,16H2,1H3. The molecule has 0 aliphatic carbocycles. The van der Waals surface area contributed by atoms with Crippen molar-refractivity contribution in [2.45, 2.75) is 6.61 Å². The lowest BCUT2D eigenvalue weighted by Gasteiger charge is -2.12. The monoisotopic (exact) mass is 269 g/mol. The topological polar surface area (TPSA) is 73.3 Å². The summed E-state index contributed by atoms with van der Waals surface area (Å²) in [6.07, 6.45) is 0. The van der Waals surface area contributed by atoms with Crippen molar-refractivity contribution >= 4 is 16.7 Å². The van der Waals surface area contributed by atoms with Crippen LogP contribution in [0.2, 0.25) is 0 Å². The Kier molecular flexibility index (Phi) is 3.04. The van der Waals surface area contributed by atoms with E-state index in [2.05, 4.69) is 4.98 Å². The highest BCUT2D eigenvalue weighted by atomic mass is 16.5. The van der Waals surface area contributed by atoms with Crippen LogP contribution in [0.1, 0.15) is 5.82 Å². The second kappa shape index (κ2) is 4.86. The number of aromatic nitrogens is 2. The second-order valence-corrected chi connectivity index (χ2v) is 4.44. The van der Waals surface area contributed by atoms with E-state index in [1.54, 1.807) is 13.2 Å². The molecule has 1 heterocycles. The maximum absolute atomic E-state index is 9.56. The van der Waals surface area contributed by atoms with Gasteiger partial charge in [-0.15, -0.1) is 0 Å². The molecule has 0 saturated carbocycles. The lowest BCUT2D eigenvalue weighted by Crippen LogP contribution is -2.03. The van der Waals surface area contributed by atoms with Crippen molar-refractivity contribution < 1.29 is 9.84 Å². The summed E-state index contributed by atoms with van der Waals surface area (Å²) in [5.74, 6) is 1.27. The van der Waals surface area contributed by atoms with Gasteiger partial charge in [0.2, 0.25) is 0 Å². The third kappa shape index (κ3) is 1.88. The number of anilines is 1. The quantitative estimate of drug-likeness (QED) is 0.714. The van der Waals surface area contributed by atoms with E-state index in [4.69, 9.17) is 10.5 Å². The van der Waals surface area contributed by atoms with Crippen molar-refractivity contribution in [3.63, 3.8) is 0 Å². The van der Waals surface area contributed by atoms with Crippen molar-refractivity contribution in [3.05, 3.63) is 48.3 Å². The number of aliphatic hydroxyl groups is 1. The van der Waals surface area contributed by atoms with E-state index in [1.165, 1.54) is 0 Å². The zero-order chi connectivity index (χ0) is 14.1. The summed E-state index contributed by atoms with van der Waals surface area (Å²) in [5, 5.41) is 9.56. The number of nitrogens with zero attached hydrogens (tertiary/aromatic N) is 2. The highest BCUT2D eigenvalue weighted by Crippen LogP contribution is 2.29. The van der Waals surface area contributed by atoms with E-state index in [9.17, 15) is 5.11 Å². The van der Waals surface area contributed by atoms with Gasteiger partial charge in [0.15, 0.2) is 0 Å². The van der Waals surface area contributed by atoms with Crippen LogP contribution in [0.4, 0.5) is 5.69 Å². The van der Waals surface area contributed by atoms with E-state index in [-0.39, 0.29) is 6.61 Å². The predicted octanol–water partition coefficient (Wildman–Crippen LogP) is 2.11. The van der Waals surface area contributed by atoms with Gasteiger partial charge in [0.25, 0.3) is 0 Å². The molecule has 2 aromatic carbocycles. The van der Waals surface area contributed by atoms with Crippen LogP contribution in [0.15, 0.2) is 42.5 Å². The molecule has 0 saturated heterocycles. The molecular formula is C15H15N3O2. The van der Waals surface area contributed by atoms with Gasteiger partial charge in [-0.2, -0.15) is 0 Å². The number of ether oxygens (including phenoxy) is 1. The largest absolute Gasteiger partial charge is 0.495 e. The van der Waals surface area contributed by atoms with Gasteiger partial charge in [0, 0.05) is 5.69 Å². The molecule has 0 aliphatic heterocycles. The Morgan fingerprint density at radius 1 is 1.25 bits per heavy atom. The average molecular weight is 269 g/mol. The summed E-state index contributed by atoms with van der Waals surface area (Å²) in [6.45, 7) is -0.160. The maximum Gasteiger partial charge on any atom is 0.142 e. The Balaban J connectivity index is 2.34. The molecule has 0 fully saturated rings. The Morgan fingerprint density at radius 2 is 2.05 bits per heavy atom. The Labute approximate surface area is 116 Å². The van der Waals surface area contributed by atoms with Gasteiger partial charge < -0.3 is 15.6 Å². The highest BCUT2D eigenvalue weighted by Gasteiger charge is 2.14. The van der Waals surface area contributed by atoms with Crippen LogP contribution in [0.5, 0.6) is 5.75 Å². The molecule has 102 valence electrons. The Hall–Kier alpha value is -2.53. The number of aliphatic hydroxyl groups excluding tert-OH is 1. The molecule has 0 atom stereocenters. The summed E-state index contributed by atoms with van der Waals surface area (Å²) in [5.41, 5.74) is 8.90. The van der Waals surface area contributed by atoms with Gasteiger partial charge in [-0.05, 0) is 30.3 Å². The first kappa shape index (κ1) is 12.5. The van der Waals surface area contributed by atoms with Crippen LogP contribution in [-0.4, -0.2) is 21.8 Å². The fraction of sp³-hybridized carbons (Fsp3) is 0.133. The zero-order valence-corrected chi connectivity index (χ0v) is 11.1. The molecule has 0 bridgehead atoms. The third-order valence-corrected chi connectivity index (χ3v) is 3.22. The molecule has 5 heteroatoms. The van der Waals surface area contributed by atoms with E-state index < -0.39 is 0 Å². The minimum absolute atomic E-state index is 0.160. The van der Waals surface area contributed by atoms with E-state index in [0.717, 1.165) is 22.5 Å². The van der Waals surface area contributed by atoms with Gasteiger partial charge >= 0.3 is 0 Å². The summed E-state index contributed by atoms with van der Waals surface area (Å²) in [4.78, 5) is 4.42. The average Bonchev–Trinajstić information content (AvgIpc) is 2.84. The van der Waals surface area contributed by atoms with Crippen molar-refractivity contribution in [2.75, 3.05) is 12.8 Å². The first-order valence-electron chi connectivity index (χ1n) is 6.25. The number of hydrogen-bond acceptors (Lipinski definition) is 4. The minimum atomic E-state index is -0.160. The fourth-order valence-corrected chi connectivity index (χ4v) is 2.34. The minimum Gasteiger partial charge on any atom is -0.495 e. The number of nitrogens with two attached hydrogens (primary N) is 1. The molecule has 0 aliphatic rings. The number of benzene rings is 2. The van der Waals surface area contributed by atoms with Gasteiger partial charge in [-0.1, -0.05) is 12.1 Å².